The quantitative estimate of drug-likeness (QED) is 0.816. The van der Waals surface area contributed by atoms with Gasteiger partial charge in [-0.25, -0.2) is 9.78 Å². The van der Waals surface area contributed by atoms with Crippen LogP contribution in [0.4, 0.5) is 16.6 Å². The smallest absolute Gasteiger partial charge is 0.409 e. The maximum atomic E-state index is 11.8. The van der Waals surface area contributed by atoms with Gasteiger partial charge in [0.15, 0.2) is 0 Å². The molecule has 1 aromatic rings. The van der Waals surface area contributed by atoms with E-state index in [0.29, 0.717) is 25.7 Å². The van der Waals surface area contributed by atoms with Crippen molar-refractivity contribution in [3.63, 3.8) is 0 Å². The molecular formula is C18H31N5O2. The molecule has 0 saturated carbocycles. The Hall–Kier alpha value is -2.05. The van der Waals surface area contributed by atoms with Gasteiger partial charge in [0.1, 0.15) is 5.82 Å². The second-order valence-electron chi connectivity index (χ2n) is 6.57. The van der Waals surface area contributed by atoms with Crippen molar-refractivity contribution in [1.29, 1.82) is 0 Å². The lowest BCUT2D eigenvalue weighted by Crippen LogP contribution is -2.42. The van der Waals surface area contributed by atoms with Crippen LogP contribution in [0.2, 0.25) is 0 Å². The highest BCUT2D eigenvalue weighted by atomic mass is 16.6. The first-order valence-electron chi connectivity index (χ1n) is 9.28. The molecule has 7 heteroatoms. The van der Waals surface area contributed by atoms with E-state index in [1.165, 1.54) is 0 Å². The zero-order valence-corrected chi connectivity index (χ0v) is 15.9. The molecule has 25 heavy (non-hydrogen) atoms. The van der Waals surface area contributed by atoms with Crippen molar-refractivity contribution in [2.75, 3.05) is 43.5 Å². The lowest BCUT2D eigenvalue weighted by molar-refractivity contribution is 0.0983. The molecule has 0 atom stereocenters. The lowest BCUT2D eigenvalue weighted by atomic mass is 10.1. The molecule has 1 N–H and O–H groups in total. The largest absolute Gasteiger partial charge is 0.450 e. The number of unbranched alkanes of at least 4 members (excludes halogenated alkanes) is 1. The number of carbonyl (C=O) groups excluding carboxylic acids is 1. The summed E-state index contributed by atoms with van der Waals surface area (Å²) in [5.74, 6) is 1.63. The fourth-order valence-corrected chi connectivity index (χ4v) is 2.92. The van der Waals surface area contributed by atoms with E-state index in [9.17, 15) is 4.79 Å². The zero-order valence-electron chi connectivity index (χ0n) is 15.9. The first-order valence-corrected chi connectivity index (χ1v) is 9.28. The van der Waals surface area contributed by atoms with Gasteiger partial charge < -0.3 is 19.9 Å². The third-order valence-electron chi connectivity index (χ3n) is 4.40. The minimum absolute atomic E-state index is 0.210. The van der Waals surface area contributed by atoms with Gasteiger partial charge in [0.05, 0.1) is 6.61 Å². The Morgan fingerprint density at radius 1 is 1.36 bits per heavy atom. The van der Waals surface area contributed by atoms with E-state index in [2.05, 4.69) is 27.1 Å². The summed E-state index contributed by atoms with van der Waals surface area (Å²) in [6.07, 6.45) is 3.85. The zero-order chi connectivity index (χ0) is 18.2. The summed E-state index contributed by atoms with van der Waals surface area (Å²) in [4.78, 5) is 24.9. The van der Waals surface area contributed by atoms with Gasteiger partial charge in [0, 0.05) is 44.5 Å². The SMILES string of the molecule is CCCCN(C)c1nc(C)cc(NC2CCN(C(=O)OCC)CC2)n1. The van der Waals surface area contributed by atoms with Crippen molar-refractivity contribution in [1.82, 2.24) is 14.9 Å². The van der Waals surface area contributed by atoms with E-state index in [4.69, 9.17) is 4.74 Å². The fourth-order valence-electron chi connectivity index (χ4n) is 2.92. The number of carbonyl (C=O) groups is 1. The van der Waals surface area contributed by atoms with Crippen LogP contribution < -0.4 is 10.2 Å². The van der Waals surface area contributed by atoms with Crippen molar-refractivity contribution in [2.24, 2.45) is 0 Å². The number of hydrogen-bond donors (Lipinski definition) is 1. The molecule has 0 bridgehead atoms. The van der Waals surface area contributed by atoms with Crippen LogP contribution in [0, 0.1) is 6.92 Å². The van der Waals surface area contributed by atoms with Crippen molar-refractivity contribution in [2.45, 2.75) is 52.5 Å². The van der Waals surface area contributed by atoms with Crippen LogP contribution in [-0.2, 0) is 4.74 Å². The number of piperidine rings is 1. The predicted molar refractivity (Wildman–Crippen MR) is 100 cm³/mol. The Labute approximate surface area is 150 Å². The predicted octanol–water partition coefficient (Wildman–Crippen LogP) is 3.05. The van der Waals surface area contributed by atoms with Gasteiger partial charge in [-0.05, 0) is 33.1 Å². The van der Waals surface area contributed by atoms with Crippen LogP contribution in [0.15, 0.2) is 6.07 Å². The maximum absolute atomic E-state index is 11.8. The Morgan fingerprint density at radius 2 is 2.08 bits per heavy atom. The third-order valence-corrected chi connectivity index (χ3v) is 4.40. The Balaban J connectivity index is 1.92. The summed E-state index contributed by atoms with van der Waals surface area (Å²) >= 11 is 0. The second kappa shape index (κ2) is 9.44. The van der Waals surface area contributed by atoms with Gasteiger partial charge in [0.25, 0.3) is 0 Å². The number of ether oxygens (including phenoxy) is 1. The molecule has 1 amide bonds. The third kappa shape index (κ3) is 5.76. The van der Waals surface area contributed by atoms with Gasteiger partial charge >= 0.3 is 6.09 Å². The highest BCUT2D eigenvalue weighted by molar-refractivity contribution is 5.67. The van der Waals surface area contributed by atoms with Crippen LogP contribution in [0.5, 0.6) is 0 Å². The first kappa shape index (κ1) is 19.3. The normalized spacial score (nSPS) is 15.1. The van der Waals surface area contributed by atoms with Crippen molar-refractivity contribution in [3.8, 4) is 0 Å². The van der Waals surface area contributed by atoms with E-state index >= 15 is 0 Å². The topological polar surface area (TPSA) is 70.6 Å². The average molecular weight is 349 g/mol. The van der Waals surface area contributed by atoms with Crippen molar-refractivity contribution in [3.05, 3.63) is 11.8 Å². The van der Waals surface area contributed by atoms with Crippen LogP contribution in [-0.4, -0.2) is 60.3 Å². The molecule has 0 unspecified atom stereocenters. The molecule has 0 spiro atoms. The highest BCUT2D eigenvalue weighted by Gasteiger charge is 2.23. The molecule has 0 radical (unpaired) electrons. The van der Waals surface area contributed by atoms with E-state index in [1.807, 2.05) is 27.0 Å². The number of rotatable bonds is 7. The molecule has 0 aliphatic carbocycles. The highest BCUT2D eigenvalue weighted by Crippen LogP contribution is 2.18. The van der Waals surface area contributed by atoms with Gasteiger partial charge in [-0.2, -0.15) is 4.98 Å². The number of anilines is 2. The number of likely N-dealkylation sites (tertiary alicyclic amines) is 1. The van der Waals surface area contributed by atoms with Crippen molar-refractivity contribution < 1.29 is 9.53 Å². The maximum Gasteiger partial charge on any atom is 0.409 e. The molecule has 1 saturated heterocycles. The molecule has 2 rings (SSSR count). The Kier molecular flexibility index (Phi) is 7.28. The first-order chi connectivity index (χ1) is 12.0. The summed E-state index contributed by atoms with van der Waals surface area (Å²) in [6, 6.07) is 2.29. The molecule has 1 aliphatic heterocycles. The Bertz CT molecular complexity index is 558. The summed E-state index contributed by atoms with van der Waals surface area (Å²) < 4.78 is 5.07. The van der Waals surface area contributed by atoms with E-state index in [-0.39, 0.29) is 6.09 Å². The number of amides is 1. The van der Waals surface area contributed by atoms with Crippen LogP contribution >= 0.6 is 0 Å². The molecular weight excluding hydrogens is 318 g/mol. The molecule has 0 aromatic carbocycles. The lowest BCUT2D eigenvalue weighted by Gasteiger charge is -2.32. The fraction of sp³-hybridized carbons (Fsp3) is 0.722. The van der Waals surface area contributed by atoms with E-state index < -0.39 is 0 Å². The molecule has 1 aliphatic rings. The number of nitrogens with zero attached hydrogens (tertiary/aromatic N) is 4. The summed E-state index contributed by atoms with van der Waals surface area (Å²) in [7, 11) is 2.03. The molecule has 1 aromatic heterocycles. The van der Waals surface area contributed by atoms with Gasteiger partial charge in [-0.15, -0.1) is 0 Å². The van der Waals surface area contributed by atoms with E-state index in [1.54, 1.807) is 4.90 Å². The Morgan fingerprint density at radius 3 is 2.72 bits per heavy atom. The summed E-state index contributed by atoms with van der Waals surface area (Å²) in [5.41, 5.74) is 0.958. The van der Waals surface area contributed by atoms with E-state index in [0.717, 1.165) is 49.7 Å². The summed E-state index contributed by atoms with van der Waals surface area (Å²) in [5, 5.41) is 3.51. The number of aromatic nitrogens is 2. The van der Waals surface area contributed by atoms with Crippen LogP contribution in [0.3, 0.4) is 0 Å². The van der Waals surface area contributed by atoms with Gasteiger partial charge in [0.2, 0.25) is 5.95 Å². The average Bonchev–Trinajstić information content (AvgIpc) is 2.60. The molecule has 140 valence electrons. The number of hydrogen-bond acceptors (Lipinski definition) is 6. The van der Waals surface area contributed by atoms with Gasteiger partial charge in [-0.3, -0.25) is 0 Å². The minimum Gasteiger partial charge on any atom is -0.450 e. The van der Waals surface area contributed by atoms with Gasteiger partial charge in [-0.1, -0.05) is 13.3 Å². The molecule has 7 nitrogen and oxygen atoms in total. The molecule has 2 heterocycles. The standard InChI is InChI=1S/C18H31N5O2/c1-5-7-10-22(4)17-19-14(3)13-16(21-17)20-15-8-11-23(12-9-15)18(24)25-6-2/h13,15H,5-12H2,1-4H3,(H,19,20,21). The van der Waals surface area contributed by atoms with Crippen molar-refractivity contribution >= 4 is 17.9 Å². The molecule has 1 fully saturated rings. The van der Waals surface area contributed by atoms with Crippen LogP contribution in [0.1, 0.15) is 45.2 Å². The minimum atomic E-state index is -0.210. The monoisotopic (exact) mass is 349 g/mol. The number of nitrogens with one attached hydrogen (secondary N) is 1. The van der Waals surface area contributed by atoms with Crippen LogP contribution in [0.25, 0.3) is 0 Å². The summed E-state index contributed by atoms with van der Waals surface area (Å²) in [6.45, 7) is 8.81. The number of aryl methyl sites for hydroxylation is 1. The second-order valence-corrected chi connectivity index (χ2v) is 6.57.